The van der Waals surface area contributed by atoms with Crippen LogP contribution in [0.2, 0.25) is 0 Å². The van der Waals surface area contributed by atoms with Crippen molar-refractivity contribution >= 4 is 0 Å². The lowest BCUT2D eigenvalue weighted by molar-refractivity contribution is 0.967. The molecule has 0 aromatic heterocycles. The molecule has 17 heavy (non-hydrogen) atoms. The van der Waals surface area contributed by atoms with Gasteiger partial charge >= 0.3 is 0 Å². The van der Waals surface area contributed by atoms with Crippen LogP contribution >= 0.6 is 0 Å². The molecule has 2 aromatic carbocycles. The smallest absolute Gasteiger partial charge is 0.0701 e. The normalized spacial score (nSPS) is 11.8. The van der Waals surface area contributed by atoms with Crippen LogP contribution in [0.15, 0.2) is 48.5 Å². The van der Waals surface area contributed by atoms with Gasteiger partial charge in [-0.15, -0.1) is 0 Å². The molecule has 1 nitrogen and oxygen atoms in total. The highest BCUT2D eigenvalue weighted by molar-refractivity contribution is 5.68. The first-order chi connectivity index (χ1) is 8.24. The van der Waals surface area contributed by atoms with Crippen LogP contribution in [0.3, 0.4) is 0 Å². The molecule has 0 aliphatic rings. The summed E-state index contributed by atoms with van der Waals surface area (Å²) in [5.41, 5.74) is 4.74. The number of nitriles is 1. The van der Waals surface area contributed by atoms with E-state index in [-0.39, 0.29) is 5.92 Å². The number of nitrogens with zero attached hydrogens (tertiary/aromatic N) is 1. The third-order valence-corrected chi connectivity index (χ3v) is 3.12. The number of rotatable bonds is 2. The van der Waals surface area contributed by atoms with Crippen molar-refractivity contribution in [3.8, 4) is 17.2 Å². The van der Waals surface area contributed by atoms with Gasteiger partial charge in [0.2, 0.25) is 0 Å². The Hall–Kier alpha value is -2.07. The summed E-state index contributed by atoms with van der Waals surface area (Å²) < 4.78 is 0. The summed E-state index contributed by atoms with van der Waals surface area (Å²) in [5.74, 6) is -0.0568. The molecule has 0 aliphatic heterocycles. The molecular weight excluding hydrogens is 206 g/mol. The van der Waals surface area contributed by atoms with Crippen molar-refractivity contribution in [3.05, 3.63) is 59.7 Å². The summed E-state index contributed by atoms with van der Waals surface area (Å²) in [6.07, 6.45) is 0. The monoisotopic (exact) mass is 221 g/mol. The molecule has 0 heterocycles. The van der Waals surface area contributed by atoms with Crippen molar-refractivity contribution in [2.75, 3.05) is 0 Å². The highest BCUT2D eigenvalue weighted by atomic mass is 14.3. The Kier molecular flexibility index (Phi) is 3.25. The Morgan fingerprint density at radius 1 is 1.00 bits per heavy atom. The Morgan fingerprint density at radius 2 is 1.71 bits per heavy atom. The van der Waals surface area contributed by atoms with E-state index in [1.807, 2.05) is 37.3 Å². The van der Waals surface area contributed by atoms with Crippen LogP contribution in [-0.2, 0) is 0 Å². The van der Waals surface area contributed by atoms with Crippen molar-refractivity contribution < 1.29 is 0 Å². The molecule has 0 spiro atoms. The van der Waals surface area contributed by atoms with Gasteiger partial charge in [0.1, 0.15) is 0 Å². The van der Waals surface area contributed by atoms with Crippen LogP contribution < -0.4 is 0 Å². The maximum absolute atomic E-state index is 9.02. The molecule has 0 aliphatic carbocycles. The van der Waals surface area contributed by atoms with Crippen molar-refractivity contribution in [1.82, 2.24) is 0 Å². The second-order valence-corrected chi connectivity index (χ2v) is 4.24. The van der Waals surface area contributed by atoms with E-state index in [0.29, 0.717) is 0 Å². The minimum Gasteiger partial charge on any atom is -0.198 e. The summed E-state index contributed by atoms with van der Waals surface area (Å²) in [6, 6.07) is 18.8. The Bertz CT molecular complexity index is 549. The third kappa shape index (κ3) is 2.21. The predicted octanol–water partition coefficient (Wildman–Crippen LogP) is 4.29. The zero-order valence-corrected chi connectivity index (χ0v) is 10.1. The van der Waals surface area contributed by atoms with Gasteiger partial charge < -0.3 is 0 Å². The number of hydrogen-bond acceptors (Lipinski definition) is 1. The molecule has 0 fully saturated rings. The Morgan fingerprint density at radius 3 is 2.35 bits per heavy atom. The zero-order chi connectivity index (χ0) is 12.3. The maximum atomic E-state index is 9.02. The SMILES string of the molecule is Cc1c(-c2ccccc2)cccc1C(C)C#N. The predicted molar refractivity (Wildman–Crippen MR) is 70.6 cm³/mol. The van der Waals surface area contributed by atoms with Crippen LogP contribution in [0.1, 0.15) is 24.0 Å². The largest absolute Gasteiger partial charge is 0.198 e. The van der Waals surface area contributed by atoms with Gasteiger partial charge in [0.15, 0.2) is 0 Å². The van der Waals surface area contributed by atoms with Gasteiger partial charge in [-0.25, -0.2) is 0 Å². The summed E-state index contributed by atoms with van der Waals surface area (Å²) >= 11 is 0. The third-order valence-electron chi connectivity index (χ3n) is 3.12. The molecule has 0 saturated heterocycles. The molecule has 84 valence electrons. The van der Waals surface area contributed by atoms with Gasteiger partial charge in [0.05, 0.1) is 12.0 Å². The molecule has 1 unspecified atom stereocenters. The van der Waals surface area contributed by atoms with E-state index in [1.54, 1.807) is 0 Å². The summed E-state index contributed by atoms with van der Waals surface area (Å²) in [6.45, 7) is 4.03. The average molecular weight is 221 g/mol. The summed E-state index contributed by atoms with van der Waals surface area (Å²) in [7, 11) is 0. The topological polar surface area (TPSA) is 23.8 Å². The van der Waals surface area contributed by atoms with Crippen LogP contribution in [0.4, 0.5) is 0 Å². The van der Waals surface area contributed by atoms with Crippen LogP contribution in [0.25, 0.3) is 11.1 Å². The highest BCUT2D eigenvalue weighted by Crippen LogP contribution is 2.29. The van der Waals surface area contributed by atoms with Gasteiger partial charge in [0, 0.05) is 0 Å². The second kappa shape index (κ2) is 4.84. The van der Waals surface area contributed by atoms with E-state index in [9.17, 15) is 0 Å². The van der Waals surface area contributed by atoms with Gasteiger partial charge in [-0.2, -0.15) is 5.26 Å². The Labute approximate surface area is 102 Å². The van der Waals surface area contributed by atoms with Gasteiger partial charge in [0.25, 0.3) is 0 Å². The first-order valence-corrected chi connectivity index (χ1v) is 5.78. The van der Waals surface area contributed by atoms with E-state index in [1.165, 1.54) is 16.7 Å². The first kappa shape index (κ1) is 11.4. The molecule has 2 aromatic rings. The summed E-state index contributed by atoms with van der Waals surface area (Å²) in [4.78, 5) is 0. The molecule has 2 rings (SSSR count). The lowest BCUT2D eigenvalue weighted by Gasteiger charge is -2.12. The maximum Gasteiger partial charge on any atom is 0.0701 e. The minimum absolute atomic E-state index is 0.0568. The molecule has 1 heteroatoms. The van der Waals surface area contributed by atoms with Gasteiger partial charge in [-0.3, -0.25) is 0 Å². The lowest BCUT2D eigenvalue weighted by atomic mass is 9.91. The summed E-state index contributed by atoms with van der Waals surface area (Å²) in [5, 5.41) is 9.02. The number of benzene rings is 2. The van der Waals surface area contributed by atoms with Crippen molar-refractivity contribution in [2.45, 2.75) is 19.8 Å². The quantitative estimate of drug-likeness (QED) is 0.742. The minimum atomic E-state index is -0.0568. The van der Waals surface area contributed by atoms with Crippen molar-refractivity contribution in [2.24, 2.45) is 0 Å². The molecule has 0 saturated carbocycles. The Balaban J connectivity index is 2.55. The number of hydrogen-bond donors (Lipinski definition) is 0. The second-order valence-electron chi connectivity index (χ2n) is 4.24. The van der Waals surface area contributed by atoms with Gasteiger partial charge in [-0.05, 0) is 36.1 Å². The molecule has 0 amide bonds. The highest BCUT2D eigenvalue weighted by Gasteiger charge is 2.10. The van der Waals surface area contributed by atoms with Crippen LogP contribution in [0.5, 0.6) is 0 Å². The first-order valence-electron chi connectivity index (χ1n) is 5.78. The molecule has 0 N–H and O–H groups in total. The lowest BCUT2D eigenvalue weighted by Crippen LogP contribution is -1.95. The van der Waals surface area contributed by atoms with E-state index in [4.69, 9.17) is 5.26 Å². The fraction of sp³-hybridized carbons (Fsp3) is 0.188. The van der Waals surface area contributed by atoms with E-state index in [0.717, 1.165) is 5.56 Å². The van der Waals surface area contributed by atoms with Crippen molar-refractivity contribution in [3.63, 3.8) is 0 Å². The fourth-order valence-corrected chi connectivity index (χ4v) is 2.12. The van der Waals surface area contributed by atoms with Crippen LogP contribution in [-0.4, -0.2) is 0 Å². The molecule has 1 atom stereocenters. The standard InChI is InChI=1S/C16H15N/c1-12(11-17)15-9-6-10-16(13(15)2)14-7-4-3-5-8-14/h3-10,12H,1-2H3. The van der Waals surface area contributed by atoms with Crippen LogP contribution in [0, 0.1) is 18.3 Å². The van der Waals surface area contributed by atoms with Gasteiger partial charge in [-0.1, -0.05) is 48.5 Å². The molecule has 0 bridgehead atoms. The molecular formula is C16H15N. The average Bonchev–Trinajstić information content (AvgIpc) is 2.39. The van der Waals surface area contributed by atoms with Crippen molar-refractivity contribution in [1.29, 1.82) is 5.26 Å². The zero-order valence-electron chi connectivity index (χ0n) is 10.1. The van der Waals surface area contributed by atoms with E-state index < -0.39 is 0 Å². The molecule has 0 radical (unpaired) electrons. The fourth-order valence-electron chi connectivity index (χ4n) is 2.12. The van der Waals surface area contributed by atoms with E-state index >= 15 is 0 Å². The van der Waals surface area contributed by atoms with E-state index in [2.05, 4.69) is 31.2 Å².